The summed E-state index contributed by atoms with van der Waals surface area (Å²) in [7, 11) is 4.26. The Morgan fingerprint density at radius 2 is 1.65 bits per heavy atom. The lowest BCUT2D eigenvalue weighted by atomic mass is 10.1. The minimum atomic E-state index is -0.601. The van der Waals surface area contributed by atoms with Crippen LogP contribution in [0.1, 0.15) is 15.9 Å². The van der Waals surface area contributed by atoms with Crippen LogP contribution < -0.4 is 19.5 Å². The van der Waals surface area contributed by atoms with Gasteiger partial charge in [0, 0.05) is 18.7 Å². The van der Waals surface area contributed by atoms with E-state index in [0.717, 1.165) is 0 Å². The molecule has 1 N–H and O–H groups in total. The molecule has 0 atom stereocenters. The van der Waals surface area contributed by atoms with Crippen molar-refractivity contribution in [3.8, 4) is 17.2 Å². The number of nitrogens with zero attached hydrogens (tertiary/aromatic N) is 2. The standard InChI is InChI=1S/C23H25N3O8/c1-31-17-6-4-15(5-7-17)22(27)24-18(23(28)25-8-10-34-11-9-25)12-16-13-20(32-2)21(33-3)14-19(16)26(29)30/h4-7,12-14H,8-11H2,1-3H3,(H,24,27)/b18-12+. The van der Waals surface area contributed by atoms with Crippen LogP contribution in [-0.2, 0) is 9.53 Å². The van der Waals surface area contributed by atoms with Gasteiger partial charge in [0.2, 0.25) is 0 Å². The van der Waals surface area contributed by atoms with Crippen LogP contribution in [0.4, 0.5) is 5.69 Å². The zero-order chi connectivity index (χ0) is 24.7. The Balaban J connectivity index is 2.04. The lowest BCUT2D eigenvalue weighted by Crippen LogP contribution is -2.44. The fourth-order valence-electron chi connectivity index (χ4n) is 3.34. The average molecular weight is 471 g/mol. The second kappa shape index (κ2) is 11.1. The van der Waals surface area contributed by atoms with Crippen molar-refractivity contribution in [2.75, 3.05) is 47.6 Å². The van der Waals surface area contributed by atoms with E-state index in [1.165, 1.54) is 44.4 Å². The normalized spacial score (nSPS) is 13.7. The number of amides is 2. The number of ether oxygens (including phenoxy) is 4. The molecule has 0 aliphatic carbocycles. The maximum Gasteiger partial charge on any atom is 0.280 e. The van der Waals surface area contributed by atoms with E-state index in [2.05, 4.69) is 5.32 Å². The number of carbonyl (C=O) groups excluding carboxylic acids is 2. The molecule has 0 radical (unpaired) electrons. The molecule has 180 valence electrons. The summed E-state index contributed by atoms with van der Waals surface area (Å²) in [6.07, 6.45) is 1.26. The predicted octanol–water partition coefficient (Wildman–Crippen LogP) is 2.25. The highest BCUT2D eigenvalue weighted by atomic mass is 16.6. The van der Waals surface area contributed by atoms with Gasteiger partial charge in [-0.05, 0) is 36.4 Å². The fourth-order valence-corrected chi connectivity index (χ4v) is 3.34. The number of hydrogen-bond acceptors (Lipinski definition) is 8. The van der Waals surface area contributed by atoms with E-state index in [1.54, 1.807) is 24.3 Å². The van der Waals surface area contributed by atoms with Crippen LogP contribution in [0.25, 0.3) is 6.08 Å². The van der Waals surface area contributed by atoms with Gasteiger partial charge in [-0.15, -0.1) is 0 Å². The third kappa shape index (κ3) is 5.62. The number of methoxy groups -OCH3 is 3. The Kier molecular flexibility index (Phi) is 8.04. The Hall–Kier alpha value is -4.12. The number of nitro groups is 1. The molecule has 2 aromatic carbocycles. The molecule has 0 bridgehead atoms. The second-order valence-electron chi connectivity index (χ2n) is 7.17. The van der Waals surface area contributed by atoms with Crippen LogP contribution in [0.3, 0.4) is 0 Å². The summed E-state index contributed by atoms with van der Waals surface area (Å²) < 4.78 is 20.8. The van der Waals surface area contributed by atoms with Crippen LogP contribution in [0, 0.1) is 10.1 Å². The van der Waals surface area contributed by atoms with Crippen LogP contribution in [0.15, 0.2) is 42.1 Å². The Labute approximate surface area is 196 Å². The topological polar surface area (TPSA) is 129 Å². The quantitative estimate of drug-likeness (QED) is 0.353. The third-order valence-corrected chi connectivity index (χ3v) is 5.16. The minimum absolute atomic E-state index is 0.0642. The first-order valence-electron chi connectivity index (χ1n) is 10.3. The molecule has 1 fully saturated rings. The molecule has 1 aliphatic heterocycles. The molecule has 11 heteroatoms. The molecule has 2 amide bonds. The van der Waals surface area contributed by atoms with Gasteiger partial charge < -0.3 is 29.2 Å². The zero-order valence-electron chi connectivity index (χ0n) is 19.0. The van der Waals surface area contributed by atoms with Gasteiger partial charge in [0.05, 0.1) is 51.1 Å². The highest BCUT2D eigenvalue weighted by molar-refractivity contribution is 6.05. The lowest BCUT2D eigenvalue weighted by molar-refractivity contribution is -0.385. The number of hydrogen-bond donors (Lipinski definition) is 1. The SMILES string of the molecule is COc1ccc(C(=O)N/C(=C/c2cc(OC)c(OC)cc2[N+](=O)[O-])C(=O)N2CCOCC2)cc1. The number of nitro benzene ring substituents is 1. The van der Waals surface area contributed by atoms with Gasteiger partial charge in [-0.1, -0.05) is 0 Å². The molecular weight excluding hydrogens is 446 g/mol. The van der Waals surface area contributed by atoms with Gasteiger partial charge in [-0.3, -0.25) is 19.7 Å². The van der Waals surface area contributed by atoms with Crippen molar-refractivity contribution in [2.45, 2.75) is 0 Å². The van der Waals surface area contributed by atoms with Gasteiger partial charge in [0.15, 0.2) is 11.5 Å². The number of benzene rings is 2. The van der Waals surface area contributed by atoms with Gasteiger partial charge in [-0.2, -0.15) is 0 Å². The molecule has 3 rings (SSSR count). The summed E-state index contributed by atoms with van der Waals surface area (Å²) >= 11 is 0. The van der Waals surface area contributed by atoms with Crippen LogP contribution in [0.2, 0.25) is 0 Å². The zero-order valence-corrected chi connectivity index (χ0v) is 19.0. The number of morpholine rings is 1. The molecule has 1 saturated heterocycles. The van der Waals surface area contributed by atoms with E-state index in [0.29, 0.717) is 32.1 Å². The fraction of sp³-hybridized carbons (Fsp3) is 0.304. The molecule has 1 aliphatic rings. The van der Waals surface area contributed by atoms with Gasteiger partial charge in [-0.25, -0.2) is 0 Å². The molecule has 0 aromatic heterocycles. The number of carbonyl (C=O) groups is 2. The molecule has 0 spiro atoms. The molecule has 0 saturated carbocycles. The molecule has 2 aromatic rings. The lowest BCUT2D eigenvalue weighted by Gasteiger charge is -2.27. The first-order valence-corrected chi connectivity index (χ1v) is 10.3. The molecule has 1 heterocycles. The molecule has 11 nitrogen and oxygen atoms in total. The van der Waals surface area contributed by atoms with Crippen LogP contribution in [0.5, 0.6) is 17.2 Å². The van der Waals surface area contributed by atoms with E-state index in [4.69, 9.17) is 18.9 Å². The molecule has 0 unspecified atom stereocenters. The van der Waals surface area contributed by atoms with Crippen molar-refractivity contribution in [2.24, 2.45) is 0 Å². The van der Waals surface area contributed by atoms with Crippen LogP contribution >= 0.6 is 0 Å². The Morgan fingerprint density at radius 1 is 1.03 bits per heavy atom. The van der Waals surface area contributed by atoms with E-state index < -0.39 is 16.7 Å². The third-order valence-electron chi connectivity index (χ3n) is 5.16. The average Bonchev–Trinajstić information content (AvgIpc) is 2.87. The summed E-state index contributed by atoms with van der Waals surface area (Å²) in [4.78, 5) is 38.8. The van der Waals surface area contributed by atoms with Gasteiger partial charge >= 0.3 is 0 Å². The highest BCUT2D eigenvalue weighted by Crippen LogP contribution is 2.35. The second-order valence-corrected chi connectivity index (χ2v) is 7.17. The maximum absolute atomic E-state index is 13.3. The molecular formula is C23H25N3O8. The maximum atomic E-state index is 13.3. The highest BCUT2D eigenvalue weighted by Gasteiger charge is 2.25. The van der Waals surface area contributed by atoms with Crippen molar-refractivity contribution in [3.05, 3.63) is 63.3 Å². The van der Waals surface area contributed by atoms with Crippen LogP contribution in [-0.4, -0.2) is 69.3 Å². The largest absolute Gasteiger partial charge is 0.497 e. The minimum Gasteiger partial charge on any atom is -0.497 e. The predicted molar refractivity (Wildman–Crippen MR) is 122 cm³/mol. The summed E-state index contributed by atoms with van der Waals surface area (Å²) in [6, 6.07) is 8.89. The van der Waals surface area contributed by atoms with Gasteiger partial charge in [0.1, 0.15) is 11.4 Å². The van der Waals surface area contributed by atoms with Crippen molar-refractivity contribution in [3.63, 3.8) is 0 Å². The summed E-state index contributed by atoms with van der Waals surface area (Å²) in [6.45, 7) is 1.34. The number of rotatable bonds is 8. The van der Waals surface area contributed by atoms with E-state index in [9.17, 15) is 19.7 Å². The molecule has 34 heavy (non-hydrogen) atoms. The van der Waals surface area contributed by atoms with E-state index in [1.807, 2.05) is 0 Å². The first-order chi connectivity index (χ1) is 16.4. The van der Waals surface area contributed by atoms with E-state index >= 15 is 0 Å². The van der Waals surface area contributed by atoms with E-state index in [-0.39, 0.29) is 34.0 Å². The summed E-state index contributed by atoms with van der Waals surface area (Å²) in [5.74, 6) is -0.0841. The monoisotopic (exact) mass is 471 g/mol. The summed E-state index contributed by atoms with van der Waals surface area (Å²) in [5.41, 5.74) is -0.0979. The first kappa shape index (κ1) is 24.5. The van der Waals surface area contributed by atoms with Crippen molar-refractivity contribution >= 4 is 23.6 Å². The smallest absolute Gasteiger partial charge is 0.280 e. The number of nitrogens with one attached hydrogen (secondary N) is 1. The van der Waals surface area contributed by atoms with Crippen molar-refractivity contribution in [1.82, 2.24) is 10.2 Å². The summed E-state index contributed by atoms with van der Waals surface area (Å²) in [5, 5.41) is 14.3. The Bertz CT molecular complexity index is 1090. The Morgan fingerprint density at radius 3 is 2.21 bits per heavy atom. The van der Waals surface area contributed by atoms with Crippen molar-refractivity contribution in [1.29, 1.82) is 0 Å². The van der Waals surface area contributed by atoms with Crippen molar-refractivity contribution < 1.29 is 33.5 Å². The van der Waals surface area contributed by atoms with Gasteiger partial charge in [0.25, 0.3) is 17.5 Å².